The summed E-state index contributed by atoms with van der Waals surface area (Å²) in [5.41, 5.74) is 3.14. The standard InChI is InChI=1S/C22H19F3N4O3/c23-22(24,25)21-27-20(28-32-21)15-5-6-16(17(10-15)13-30)12-26-11-14-3-7-18(8-4-14)29-9-1-2-19(29)31/h3-8,10,13,26H,1-2,9,11-12H2. The Hall–Kier alpha value is -3.53. The monoisotopic (exact) mass is 444 g/mol. The van der Waals surface area contributed by atoms with Crippen LogP contribution in [0, 0.1) is 0 Å². The predicted octanol–water partition coefficient (Wildman–Crippen LogP) is 3.98. The Labute approximate surface area is 181 Å². The van der Waals surface area contributed by atoms with Gasteiger partial charge in [-0.05, 0) is 35.7 Å². The third kappa shape index (κ3) is 4.70. The van der Waals surface area contributed by atoms with Crippen molar-refractivity contribution in [1.29, 1.82) is 0 Å². The van der Waals surface area contributed by atoms with Crippen LogP contribution in [0.1, 0.15) is 40.2 Å². The van der Waals surface area contributed by atoms with Gasteiger partial charge in [0.2, 0.25) is 11.7 Å². The van der Waals surface area contributed by atoms with E-state index in [2.05, 4.69) is 20.0 Å². The Kier molecular flexibility index (Phi) is 6.04. The number of benzene rings is 2. The van der Waals surface area contributed by atoms with E-state index in [1.807, 2.05) is 24.3 Å². The topological polar surface area (TPSA) is 88.3 Å². The van der Waals surface area contributed by atoms with Crippen molar-refractivity contribution in [3.8, 4) is 11.4 Å². The summed E-state index contributed by atoms with van der Waals surface area (Å²) in [6.45, 7) is 1.65. The molecule has 3 aromatic rings. The molecule has 1 fully saturated rings. The zero-order chi connectivity index (χ0) is 22.7. The maximum Gasteiger partial charge on any atom is 0.471 e. The Morgan fingerprint density at radius 1 is 1.12 bits per heavy atom. The molecule has 4 rings (SSSR count). The molecule has 2 heterocycles. The maximum atomic E-state index is 12.6. The van der Waals surface area contributed by atoms with Crippen LogP contribution in [0.15, 0.2) is 47.0 Å². The highest BCUT2D eigenvalue weighted by molar-refractivity contribution is 5.95. The van der Waals surface area contributed by atoms with Gasteiger partial charge in [-0.3, -0.25) is 9.59 Å². The summed E-state index contributed by atoms with van der Waals surface area (Å²) >= 11 is 0. The first-order valence-electron chi connectivity index (χ1n) is 9.94. The molecule has 0 atom stereocenters. The molecular formula is C22H19F3N4O3. The molecule has 0 saturated carbocycles. The Morgan fingerprint density at radius 3 is 2.53 bits per heavy atom. The van der Waals surface area contributed by atoms with E-state index in [1.54, 1.807) is 11.0 Å². The number of hydrogen-bond donors (Lipinski definition) is 1. The molecule has 1 aliphatic heterocycles. The van der Waals surface area contributed by atoms with E-state index in [4.69, 9.17) is 0 Å². The Bertz CT molecular complexity index is 1130. The lowest BCUT2D eigenvalue weighted by atomic mass is 10.0. The zero-order valence-electron chi connectivity index (χ0n) is 16.9. The second-order valence-corrected chi connectivity index (χ2v) is 7.37. The normalized spacial score (nSPS) is 14.2. The van der Waals surface area contributed by atoms with Crippen LogP contribution in [0.4, 0.5) is 18.9 Å². The molecule has 2 aromatic carbocycles. The number of halogens is 3. The Morgan fingerprint density at radius 2 is 1.91 bits per heavy atom. The first kappa shape index (κ1) is 21.7. The number of hydrogen-bond acceptors (Lipinski definition) is 6. The molecule has 1 aliphatic rings. The van der Waals surface area contributed by atoms with Gasteiger partial charge in [-0.2, -0.15) is 18.2 Å². The number of aldehydes is 1. The summed E-state index contributed by atoms with van der Waals surface area (Å²) in [5, 5.41) is 6.57. The minimum atomic E-state index is -4.73. The van der Waals surface area contributed by atoms with Crippen LogP contribution in [0.25, 0.3) is 11.4 Å². The summed E-state index contributed by atoms with van der Waals surface area (Å²) < 4.78 is 42.2. The van der Waals surface area contributed by atoms with Gasteiger partial charge in [0.1, 0.15) is 6.29 Å². The van der Waals surface area contributed by atoms with E-state index in [9.17, 15) is 22.8 Å². The van der Waals surface area contributed by atoms with E-state index in [1.165, 1.54) is 12.1 Å². The number of carbonyl (C=O) groups excluding carboxylic acids is 2. The third-order valence-corrected chi connectivity index (χ3v) is 5.17. The smallest absolute Gasteiger partial charge is 0.329 e. The molecule has 1 aromatic heterocycles. The average molecular weight is 444 g/mol. The quantitative estimate of drug-likeness (QED) is 0.555. The van der Waals surface area contributed by atoms with Crippen LogP contribution in [-0.4, -0.2) is 28.9 Å². The molecular weight excluding hydrogens is 425 g/mol. The van der Waals surface area contributed by atoms with Crippen molar-refractivity contribution in [3.63, 3.8) is 0 Å². The number of rotatable bonds is 7. The number of alkyl halides is 3. The van der Waals surface area contributed by atoms with Crippen LogP contribution < -0.4 is 10.2 Å². The zero-order valence-corrected chi connectivity index (χ0v) is 16.9. The number of amides is 1. The molecule has 32 heavy (non-hydrogen) atoms. The predicted molar refractivity (Wildman–Crippen MR) is 109 cm³/mol. The lowest BCUT2D eigenvalue weighted by Gasteiger charge is -2.16. The lowest BCUT2D eigenvalue weighted by molar-refractivity contribution is -0.159. The van der Waals surface area contributed by atoms with Crippen molar-refractivity contribution in [2.24, 2.45) is 0 Å². The van der Waals surface area contributed by atoms with Crippen LogP contribution in [-0.2, 0) is 24.1 Å². The number of aromatic nitrogens is 2. The van der Waals surface area contributed by atoms with E-state index in [-0.39, 0.29) is 17.3 Å². The molecule has 0 unspecified atom stereocenters. The number of anilines is 1. The highest BCUT2D eigenvalue weighted by Crippen LogP contribution is 2.29. The summed E-state index contributed by atoms with van der Waals surface area (Å²) in [4.78, 5) is 28.4. The highest BCUT2D eigenvalue weighted by Gasteiger charge is 2.38. The van der Waals surface area contributed by atoms with Crippen molar-refractivity contribution in [3.05, 3.63) is 65.0 Å². The van der Waals surface area contributed by atoms with Gasteiger partial charge >= 0.3 is 12.1 Å². The largest absolute Gasteiger partial charge is 0.471 e. The second-order valence-electron chi connectivity index (χ2n) is 7.37. The fourth-order valence-electron chi connectivity index (χ4n) is 3.52. The SMILES string of the molecule is O=Cc1cc(-c2noc(C(F)(F)F)n2)ccc1CNCc1ccc(N2CCCC2=O)cc1. The van der Waals surface area contributed by atoms with Crippen LogP contribution in [0.2, 0.25) is 0 Å². The van der Waals surface area contributed by atoms with Gasteiger partial charge in [0.15, 0.2) is 0 Å². The minimum Gasteiger partial charge on any atom is -0.329 e. The van der Waals surface area contributed by atoms with Crippen LogP contribution in [0.5, 0.6) is 0 Å². The molecule has 10 heteroatoms. The molecule has 1 saturated heterocycles. The van der Waals surface area contributed by atoms with Crippen molar-refractivity contribution >= 4 is 17.9 Å². The minimum absolute atomic E-state index is 0.135. The van der Waals surface area contributed by atoms with Gasteiger partial charge in [0.25, 0.3) is 0 Å². The van der Waals surface area contributed by atoms with Gasteiger partial charge in [-0.1, -0.05) is 29.4 Å². The van der Waals surface area contributed by atoms with Gasteiger partial charge in [-0.25, -0.2) is 0 Å². The summed E-state index contributed by atoms with van der Waals surface area (Å²) in [5.74, 6) is -1.54. The molecule has 1 amide bonds. The van der Waals surface area contributed by atoms with E-state index < -0.39 is 12.1 Å². The van der Waals surface area contributed by atoms with Gasteiger partial charge in [0.05, 0.1) is 0 Å². The van der Waals surface area contributed by atoms with E-state index in [0.29, 0.717) is 36.9 Å². The lowest BCUT2D eigenvalue weighted by Crippen LogP contribution is -2.23. The number of nitrogens with zero attached hydrogens (tertiary/aromatic N) is 3. The molecule has 166 valence electrons. The van der Waals surface area contributed by atoms with E-state index in [0.717, 1.165) is 24.2 Å². The molecule has 0 aliphatic carbocycles. The maximum absolute atomic E-state index is 12.6. The van der Waals surface area contributed by atoms with Crippen molar-refractivity contribution in [1.82, 2.24) is 15.5 Å². The number of carbonyl (C=O) groups is 2. The van der Waals surface area contributed by atoms with Crippen molar-refractivity contribution < 1.29 is 27.3 Å². The summed E-state index contributed by atoms with van der Waals surface area (Å²) in [6.07, 6.45) is -2.65. The first-order valence-corrected chi connectivity index (χ1v) is 9.94. The molecule has 0 spiro atoms. The van der Waals surface area contributed by atoms with Crippen molar-refractivity contribution in [2.45, 2.75) is 32.1 Å². The fourth-order valence-corrected chi connectivity index (χ4v) is 3.52. The third-order valence-electron chi connectivity index (χ3n) is 5.17. The van der Waals surface area contributed by atoms with Gasteiger partial charge in [-0.15, -0.1) is 0 Å². The number of nitrogens with one attached hydrogen (secondary N) is 1. The molecule has 0 bridgehead atoms. The molecule has 1 N–H and O–H groups in total. The Balaban J connectivity index is 1.39. The van der Waals surface area contributed by atoms with Gasteiger partial charge in [0, 0.05) is 42.9 Å². The highest BCUT2D eigenvalue weighted by atomic mass is 19.4. The van der Waals surface area contributed by atoms with Gasteiger partial charge < -0.3 is 14.7 Å². The second kappa shape index (κ2) is 8.91. The van der Waals surface area contributed by atoms with Crippen LogP contribution in [0.3, 0.4) is 0 Å². The molecule has 0 radical (unpaired) electrons. The van der Waals surface area contributed by atoms with E-state index >= 15 is 0 Å². The van der Waals surface area contributed by atoms with Crippen molar-refractivity contribution in [2.75, 3.05) is 11.4 Å². The average Bonchev–Trinajstić information content (AvgIpc) is 3.44. The fraction of sp³-hybridized carbons (Fsp3) is 0.273. The van der Waals surface area contributed by atoms with Crippen LogP contribution >= 0.6 is 0 Å². The summed E-state index contributed by atoms with van der Waals surface area (Å²) in [6, 6.07) is 12.3. The first-order chi connectivity index (χ1) is 15.3. The summed E-state index contributed by atoms with van der Waals surface area (Å²) in [7, 11) is 0. The molecule has 7 nitrogen and oxygen atoms in total.